The Morgan fingerprint density at radius 1 is 0.534 bits per heavy atom. The minimum atomic E-state index is -4.63. The van der Waals surface area contributed by atoms with E-state index in [0.717, 1.165) is 29.8 Å². The Morgan fingerprint density at radius 2 is 0.966 bits per heavy atom. The molecule has 6 rings (SSSR count). The largest absolute Gasteiger partial charge is 1.00 e. The molecule has 2 aliphatic rings. The van der Waals surface area contributed by atoms with Crippen LogP contribution in [-0.2, 0) is 61.7 Å². The molecule has 0 spiro atoms. The van der Waals surface area contributed by atoms with E-state index in [1.54, 1.807) is 12.1 Å². The molecule has 0 saturated carbocycles. The number of allylic oxidation sites excluding steroid dienone is 4. The molecule has 4 aromatic carbocycles. The zero-order chi connectivity index (χ0) is 41.6. The SMILES string of the molecule is CC(C)(C)c1cc2c(cc1C(C)(C)C)-c1cc(C(C)(C)C)c(C(C)(C)C)[c]([Zr+2](=[C](c3cccc(C(F)(F)F)c3)c3cccc(C(F)(F)F)c3)[CH]3C=CC=C3)c1C2.[Cl-].[Cl-]. The van der Waals surface area contributed by atoms with Gasteiger partial charge < -0.3 is 24.8 Å². The van der Waals surface area contributed by atoms with Gasteiger partial charge in [0, 0.05) is 0 Å². The minimum absolute atomic E-state index is 0. The van der Waals surface area contributed by atoms with Gasteiger partial charge in [-0.15, -0.1) is 0 Å². The number of hydrogen-bond acceptors (Lipinski definition) is 0. The Morgan fingerprint density at radius 3 is 1.38 bits per heavy atom. The molecule has 0 bridgehead atoms. The summed E-state index contributed by atoms with van der Waals surface area (Å²) in [6.07, 6.45) is -0.424. The molecule has 0 atom stereocenters. The normalized spacial score (nSPS) is 14.4. The first kappa shape index (κ1) is 47.9. The van der Waals surface area contributed by atoms with Gasteiger partial charge in [0.05, 0.1) is 0 Å². The van der Waals surface area contributed by atoms with Crippen molar-refractivity contribution in [3.63, 3.8) is 0 Å². The zero-order valence-electron chi connectivity index (χ0n) is 35.5. The third-order valence-corrected chi connectivity index (χ3v) is 19.1. The molecule has 2 aliphatic carbocycles. The molecule has 0 heterocycles. The van der Waals surface area contributed by atoms with Crippen LogP contribution in [0.1, 0.15) is 139 Å². The van der Waals surface area contributed by atoms with Gasteiger partial charge in [-0.2, -0.15) is 0 Å². The van der Waals surface area contributed by atoms with E-state index in [1.165, 1.54) is 54.3 Å². The number of benzene rings is 4. The van der Waals surface area contributed by atoms with Crippen molar-refractivity contribution < 1.29 is 72.4 Å². The summed E-state index contributed by atoms with van der Waals surface area (Å²) < 4.78 is 88.6. The summed E-state index contributed by atoms with van der Waals surface area (Å²) in [6.45, 7) is 26.6. The van der Waals surface area contributed by atoms with Crippen LogP contribution in [0.25, 0.3) is 11.1 Å². The molecule has 58 heavy (non-hydrogen) atoms. The van der Waals surface area contributed by atoms with E-state index in [4.69, 9.17) is 0 Å². The van der Waals surface area contributed by atoms with Gasteiger partial charge >= 0.3 is 339 Å². The number of halogens is 8. The number of hydrogen-bond donors (Lipinski definition) is 0. The summed E-state index contributed by atoms with van der Waals surface area (Å²) >= 11 is -3.79. The first-order valence-electron chi connectivity index (χ1n) is 19.4. The molecular weight excluding hydrogens is 865 g/mol. The van der Waals surface area contributed by atoms with Crippen LogP contribution in [0.15, 0.2) is 91.0 Å². The maximum absolute atomic E-state index is 14.5. The van der Waals surface area contributed by atoms with Crippen LogP contribution in [-0.4, -0.2) is 3.21 Å². The van der Waals surface area contributed by atoms with Gasteiger partial charge in [0.15, 0.2) is 0 Å². The fourth-order valence-electron chi connectivity index (χ4n) is 8.55. The first-order chi connectivity index (χ1) is 25.6. The van der Waals surface area contributed by atoms with Gasteiger partial charge in [0.25, 0.3) is 0 Å². The van der Waals surface area contributed by atoms with Crippen molar-refractivity contribution >= 4 is 6.48 Å². The van der Waals surface area contributed by atoms with Gasteiger partial charge in [-0.25, -0.2) is 0 Å². The molecule has 0 amide bonds. The Kier molecular flexibility index (Phi) is 13.5. The van der Waals surface area contributed by atoms with Crippen LogP contribution < -0.4 is 28.1 Å². The van der Waals surface area contributed by atoms with Crippen LogP contribution in [0.5, 0.6) is 0 Å². The van der Waals surface area contributed by atoms with Crippen molar-refractivity contribution in [3.05, 3.63) is 147 Å². The topological polar surface area (TPSA) is 0 Å². The summed E-state index contributed by atoms with van der Waals surface area (Å²) in [6, 6.07) is 17.6. The van der Waals surface area contributed by atoms with Gasteiger partial charge in [0.1, 0.15) is 0 Å². The van der Waals surface area contributed by atoms with E-state index >= 15 is 0 Å². The van der Waals surface area contributed by atoms with E-state index in [-0.39, 0.29) is 44.7 Å². The molecule has 0 N–H and O–H groups in total. The van der Waals surface area contributed by atoms with Crippen molar-refractivity contribution in [1.29, 1.82) is 0 Å². The van der Waals surface area contributed by atoms with Crippen molar-refractivity contribution in [2.45, 2.75) is 127 Å². The van der Waals surface area contributed by atoms with Crippen molar-refractivity contribution in [1.82, 2.24) is 0 Å². The summed E-state index contributed by atoms with van der Waals surface area (Å²) in [7, 11) is 0. The smallest absolute Gasteiger partial charge is 1.00 e. The Bertz CT molecular complexity index is 2230. The molecule has 310 valence electrons. The van der Waals surface area contributed by atoms with Crippen LogP contribution in [0, 0.1) is 0 Å². The summed E-state index contributed by atoms with van der Waals surface area (Å²) in [4.78, 5) is 0. The third kappa shape index (κ3) is 9.43. The van der Waals surface area contributed by atoms with Crippen molar-refractivity contribution in [2.24, 2.45) is 0 Å². The van der Waals surface area contributed by atoms with Gasteiger partial charge in [-0.3, -0.25) is 0 Å². The predicted molar refractivity (Wildman–Crippen MR) is 217 cm³/mol. The van der Waals surface area contributed by atoms with Crippen LogP contribution in [0.2, 0.25) is 3.63 Å². The van der Waals surface area contributed by atoms with Crippen LogP contribution in [0.4, 0.5) is 26.3 Å². The molecule has 4 aromatic rings. The zero-order valence-corrected chi connectivity index (χ0v) is 39.4. The second kappa shape index (κ2) is 16.3. The Balaban J connectivity index is 0.00000372. The molecular formula is C49H54Cl2F6Zr. The maximum Gasteiger partial charge on any atom is -1.00 e. The van der Waals surface area contributed by atoms with E-state index in [0.29, 0.717) is 20.8 Å². The van der Waals surface area contributed by atoms with Gasteiger partial charge in [-0.1, -0.05) is 0 Å². The second-order valence-corrected chi connectivity index (χ2v) is 25.8. The van der Waals surface area contributed by atoms with E-state index in [2.05, 4.69) is 113 Å². The average molecular weight is 919 g/mol. The fraction of sp³-hybridized carbons (Fsp3) is 0.408. The Labute approximate surface area is 361 Å². The summed E-state index contributed by atoms with van der Waals surface area (Å²) in [5.74, 6) is 0. The quantitative estimate of drug-likeness (QED) is 0.161. The number of fused-ring (bicyclic) bond motifs is 3. The molecule has 0 radical (unpaired) electrons. The molecule has 0 fully saturated rings. The molecule has 0 saturated heterocycles. The fourth-order valence-corrected chi connectivity index (χ4v) is 17.9. The van der Waals surface area contributed by atoms with Crippen LogP contribution >= 0.6 is 0 Å². The van der Waals surface area contributed by atoms with Gasteiger partial charge in [-0.05, 0) is 0 Å². The van der Waals surface area contributed by atoms with E-state index in [1.807, 2.05) is 12.2 Å². The van der Waals surface area contributed by atoms with Crippen molar-refractivity contribution in [3.8, 4) is 11.1 Å². The average Bonchev–Trinajstić information content (AvgIpc) is 3.72. The third-order valence-electron chi connectivity index (χ3n) is 11.1. The predicted octanol–water partition coefficient (Wildman–Crippen LogP) is 7.92. The summed E-state index contributed by atoms with van der Waals surface area (Å²) in [5.41, 5.74) is 7.61. The standard InChI is InChI=1S/C29H41.C15H8F6.C5H5.2ClH.Zr/c1-26(2,3)22-14-18-13-19-15-23(27(4,5)6)25(29(10,11)12)17-21(19)20(18)16-24(22)28(7,8)9;16-14(17,18)12-5-1-3-10(8-12)7-11-4-2-6-13(9-11)15(19,20)21;1-2-4-5-3-1;;;/h14,16-17H,13H2,1-12H3;1-6,8-9H;1-5H;2*1H;/q;;;;;+2/p-2. The van der Waals surface area contributed by atoms with Gasteiger partial charge in [0.2, 0.25) is 0 Å². The second-order valence-electron chi connectivity index (χ2n) is 19.7. The molecule has 0 nitrogen and oxygen atoms in total. The monoisotopic (exact) mass is 916 g/mol. The first-order valence-corrected chi connectivity index (χ1v) is 23.3. The van der Waals surface area contributed by atoms with E-state index < -0.39 is 50.2 Å². The Hall–Kier alpha value is -2.73. The molecule has 0 aliphatic heterocycles. The van der Waals surface area contributed by atoms with Crippen molar-refractivity contribution in [2.75, 3.05) is 0 Å². The van der Waals surface area contributed by atoms with E-state index in [9.17, 15) is 26.3 Å². The summed E-state index contributed by atoms with van der Waals surface area (Å²) in [5, 5.41) is 0. The van der Waals surface area contributed by atoms with Crippen LogP contribution in [0.3, 0.4) is 0 Å². The number of alkyl halides is 6. The molecule has 0 unspecified atom stereocenters. The molecule has 9 heteroatoms. The maximum atomic E-state index is 14.5. The number of rotatable bonds is 4. The minimum Gasteiger partial charge on any atom is -1.00 e. The molecule has 0 aromatic heterocycles.